The Balaban J connectivity index is 2.37. The van der Waals surface area contributed by atoms with E-state index in [0.717, 1.165) is 19.2 Å². The number of hydrogen-bond donors (Lipinski definition) is 1. The first-order chi connectivity index (χ1) is 11.3. The van der Waals surface area contributed by atoms with Crippen molar-refractivity contribution in [2.45, 2.75) is 4.90 Å². The summed E-state index contributed by atoms with van der Waals surface area (Å²) in [6.45, 7) is 0. The van der Waals surface area contributed by atoms with Crippen LogP contribution in [0.5, 0.6) is 0 Å². The Labute approximate surface area is 136 Å². The monoisotopic (exact) mass is 355 g/mol. The molecule has 6 nitrogen and oxygen atoms in total. The number of sulfonamides is 1. The molecule has 0 aliphatic rings. The molecule has 0 unspecified atom stereocenters. The summed E-state index contributed by atoms with van der Waals surface area (Å²) in [7, 11) is -3.21. The van der Waals surface area contributed by atoms with Gasteiger partial charge in [-0.25, -0.2) is 22.0 Å². The van der Waals surface area contributed by atoms with Crippen LogP contribution in [0.2, 0.25) is 0 Å². The van der Waals surface area contributed by atoms with E-state index in [1.807, 2.05) is 4.72 Å². The van der Waals surface area contributed by atoms with Crippen LogP contribution in [-0.4, -0.2) is 27.8 Å². The molecule has 0 radical (unpaired) electrons. The van der Waals surface area contributed by atoms with Crippen LogP contribution in [0, 0.1) is 11.6 Å². The van der Waals surface area contributed by atoms with E-state index in [-0.39, 0.29) is 10.5 Å². The number of halogens is 2. The van der Waals surface area contributed by atoms with Crippen LogP contribution in [0.1, 0.15) is 20.7 Å². The lowest BCUT2D eigenvalue weighted by atomic mass is 10.2. The molecule has 0 bridgehead atoms. The number of aldehydes is 1. The number of carbonyl (C=O) groups is 2. The maximum Gasteiger partial charge on any atom is 0.340 e. The van der Waals surface area contributed by atoms with Crippen LogP contribution >= 0.6 is 0 Å². The van der Waals surface area contributed by atoms with Crippen molar-refractivity contribution in [1.82, 2.24) is 0 Å². The lowest BCUT2D eigenvalue weighted by molar-refractivity contribution is 0.0595. The second kappa shape index (κ2) is 6.75. The van der Waals surface area contributed by atoms with Crippen molar-refractivity contribution in [3.05, 3.63) is 59.2 Å². The first kappa shape index (κ1) is 17.5. The number of nitrogens with one attached hydrogen (secondary N) is 1. The molecule has 9 heteroatoms. The van der Waals surface area contributed by atoms with E-state index in [4.69, 9.17) is 0 Å². The molecule has 2 aromatic carbocycles. The second-order valence-corrected chi connectivity index (χ2v) is 6.28. The first-order valence-corrected chi connectivity index (χ1v) is 7.92. The van der Waals surface area contributed by atoms with Crippen molar-refractivity contribution >= 4 is 28.0 Å². The van der Waals surface area contributed by atoms with E-state index >= 15 is 0 Å². The first-order valence-electron chi connectivity index (χ1n) is 6.44. The molecule has 1 N–H and O–H groups in total. The third kappa shape index (κ3) is 3.57. The minimum atomic E-state index is -4.21. The number of benzene rings is 2. The predicted molar refractivity (Wildman–Crippen MR) is 80.3 cm³/mol. The van der Waals surface area contributed by atoms with E-state index in [1.165, 1.54) is 12.1 Å². The van der Waals surface area contributed by atoms with Gasteiger partial charge in [0.2, 0.25) is 0 Å². The maximum atomic E-state index is 13.9. The quantitative estimate of drug-likeness (QED) is 0.657. The number of rotatable bonds is 5. The van der Waals surface area contributed by atoms with Crippen LogP contribution in [-0.2, 0) is 14.8 Å². The third-order valence-corrected chi connectivity index (χ3v) is 4.41. The average molecular weight is 355 g/mol. The van der Waals surface area contributed by atoms with Gasteiger partial charge in [0.1, 0.15) is 17.9 Å². The summed E-state index contributed by atoms with van der Waals surface area (Å²) in [5.41, 5.74) is -1.07. The summed E-state index contributed by atoms with van der Waals surface area (Å²) in [4.78, 5) is 21.6. The van der Waals surface area contributed by atoms with Gasteiger partial charge >= 0.3 is 5.97 Å². The molecule has 0 aliphatic heterocycles. The summed E-state index contributed by atoms with van der Waals surface area (Å²) < 4.78 is 58.2. The van der Waals surface area contributed by atoms with E-state index in [9.17, 15) is 26.8 Å². The van der Waals surface area contributed by atoms with Gasteiger partial charge in [-0.2, -0.15) is 0 Å². The van der Waals surface area contributed by atoms with Crippen LogP contribution in [0.4, 0.5) is 14.5 Å². The van der Waals surface area contributed by atoms with Gasteiger partial charge in [0, 0.05) is 11.6 Å². The van der Waals surface area contributed by atoms with Crippen molar-refractivity contribution in [3.8, 4) is 0 Å². The van der Waals surface area contributed by atoms with Gasteiger partial charge in [0.25, 0.3) is 10.0 Å². The maximum absolute atomic E-state index is 13.9. The zero-order valence-electron chi connectivity index (χ0n) is 12.2. The number of ether oxygens (including phenoxy) is 1. The molecular formula is C15H11F2NO5S. The van der Waals surface area contributed by atoms with Gasteiger partial charge in [-0.3, -0.25) is 9.52 Å². The molecule has 0 aliphatic carbocycles. The topological polar surface area (TPSA) is 89.5 Å². The highest BCUT2D eigenvalue weighted by Crippen LogP contribution is 2.23. The zero-order valence-corrected chi connectivity index (χ0v) is 13.1. The lowest BCUT2D eigenvalue weighted by Gasteiger charge is -2.10. The SMILES string of the molecule is COC(=O)c1cc(F)c(NS(=O)(=O)c2ccc(C=O)cc2)cc1F. The largest absolute Gasteiger partial charge is 0.465 e. The minimum Gasteiger partial charge on any atom is -0.465 e. The normalized spacial score (nSPS) is 11.0. The second-order valence-electron chi connectivity index (χ2n) is 4.60. The van der Waals surface area contributed by atoms with Crippen molar-refractivity contribution in [2.24, 2.45) is 0 Å². The summed E-state index contributed by atoms with van der Waals surface area (Å²) in [6.07, 6.45) is 0.532. The number of carbonyl (C=O) groups excluding carboxylic acids is 2. The predicted octanol–water partition coefficient (Wildman–Crippen LogP) is 2.36. The van der Waals surface area contributed by atoms with Crippen molar-refractivity contribution in [1.29, 1.82) is 0 Å². The van der Waals surface area contributed by atoms with E-state index < -0.39 is 38.9 Å². The highest BCUT2D eigenvalue weighted by atomic mass is 32.2. The van der Waals surface area contributed by atoms with Crippen LogP contribution in [0.15, 0.2) is 41.3 Å². The number of hydrogen-bond acceptors (Lipinski definition) is 5. The molecule has 2 rings (SSSR count). The van der Waals surface area contributed by atoms with Gasteiger partial charge in [-0.15, -0.1) is 0 Å². The Morgan fingerprint density at radius 1 is 1.12 bits per heavy atom. The third-order valence-electron chi connectivity index (χ3n) is 3.03. The average Bonchev–Trinajstić information content (AvgIpc) is 2.57. The molecule has 0 spiro atoms. The molecule has 24 heavy (non-hydrogen) atoms. The highest BCUT2D eigenvalue weighted by molar-refractivity contribution is 7.92. The van der Waals surface area contributed by atoms with Gasteiger partial charge in [-0.05, 0) is 18.2 Å². The minimum absolute atomic E-state index is 0.245. The van der Waals surface area contributed by atoms with Gasteiger partial charge in [0.05, 0.1) is 23.3 Å². The summed E-state index contributed by atoms with van der Waals surface area (Å²) in [5.74, 6) is -3.38. The lowest BCUT2D eigenvalue weighted by Crippen LogP contribution is -2.15. The van der Waals surface area contributed by atoms with Gasteiger partial charge in [0.15, 0.2) is 0 Å². The molecule has 0 saturated heterocycles. The van der Waals surface area contributed by atoms with Gasteiger partial charge in [-0.1, -0.05) is 12.1 Å². The van der Waals surface area contributed by atoms with E-state index in [1.54, 1.807) is 0 Å². The molecular weight excluding hydrogens is 344 g/mol. The summed E-state index contributed by atoms with van der Waals surface area (Å²) in [6, 6.07) is 5.89. The van der Waals surface area contributed by atoms with Crippen LogP contribution < -0.4 is 4.72 Å². The molecule has 0 heterocycles. The molecule has 0 atom stereocenters. The van der Waals surface area contributed by atoms with E-state index in [2.05, 4.69) is 4.74 Å². The fraction of sp³-hybridized carbons (Fsp3) is 0.0667. The Kier molecular flexibility index (Phi) is 4.93. The van der Waals surface area contributed by atoms with Crippen LogP contribution in [0.25, 0.3) is 0 Å². The summed E-state index contributed by atoms with van der Waals surface area (Å²) in [5, 5.41) is 0. The van der Waals surface area contributed by atoms with E-state index in [0.29, 0.717) is 18.4 Å². The number of methoxy groups -OCH3 is 1. The van der Waals surface area contributed by atoms with Gasteiger partial charge < -0.3 is 4.74 Å². The van der Waals surface area contributed by atoms with Crippen molar-refractivity contribution < 1.29 is 31.5 Å². The highest BCUT2D eigenvalue weighted by Gasteiger charge is 2.21. The zero-order chi connectivity index (χ0) is 17.9. The van der Waals surface area contributed by atoms with Crippen molar-refractivity contribution in [2.75, 3.05) is 11.8 Å². The molecule has 0 aromatic heterocycles. The van der Waals surface area contributed by atoms with Crippen molar-refractivity contribution in [3.63, 3.8) is 0 Å². The number of esters is 1. The molecule has 126 valence electrons. The molecule has 0 fully saturated rings. The Bertz CT molecular complexity index is 895. The Hall–Kier alpha value is -2.81. The fourth-order valence-corrected chi connectivity index (χ4v) is 2.88. The molecule has 0 saturated carbocycles. The van der Waals surface area contributed by atoms with Crippen LogP contribution in [0.3, 0.4) is 0 Å². The standard InChI is InChI=1S/C15H11F2NO5S/c1-23-15(20)11-6-13(17)14(7-12(11)16)18-24(21,22)10-4-2-9(8-19)3-5-10/h2-8,18H,1H3. The molecule has 2 aromatic rings. The Morgan fingerprint density at radius 3 is 2.29 bits per heavy atom. The number of anilines is 1. The Morgan fingerprint density at radius 2 is 1.75 bits per heavy atom. The molecule has 0 amide bonds. The fourth-order valence-electron chi connectivity index (χ4n) is 1.82. The smallest absolute Gasteiger partial charge is 0.340 e. The summed E-state index contributed by atoms with van der Waals surface area (Å²) >= 11 is 0.